The second-order valence-corrected chi connectivity index (χ2v) is 12.5. The standard InChI is InChI=1S/C18H32O2Si/c1-18(2,3)21(4,5)20-15-17-13-9-8-12-16(17)11-7-6-10-14-19/h6-7,10-11,14,16-17H,8-9,12-13,15H2,1-5H3/b10-6+,11-7+/t16-,17+/m1/s1. The number of allylic oxidation sites excluding steroid dienone is 4. The van der Waals surface area contributed by atoms with E-state index in [9.17, 15) is 4.79 Å². The van der Waals surface area contributed by atoms with Crippen LogP contribution in [0.3, 0.4) is 0 Å². The second kappa shape index (κ2) is 8.09. The highest BCUT2D eigenvalue weighted by molar-refractivity contribution is 6.74. The van der Waals surface area contributed by atoms with E-state index in [4.69, 9.17) is 4.43 Å². The van der Waals surface area contributed by atoms with Crippen molar-refractivity contribution in [3.63, 3.8) is 0 Å². The largest absolute Gasteiger partial charge is 0.417 e. The van der Waals surface area contributed by atoms with Gasteiger partial charge in [-0.3, -0.25) is 4.79 Å². The van der Waals surface area contributed by atoms with Gasteiger partial charge in [-0.2, -0.15) is 0 Å². The maximum atomic E-state index is 10.3. The number of rotatable bonds is 6. The molecule has 0 heterocycles. The van der Waals surface area contributed by atoms with Crippen LogP contribution in [0.4, 0.5) is 0 Å². The minimum absolute atomic E-state index is 0.277. The summed E-state index contributed by atoms with van der Waals surface area (Å²) in [7, 11) is -1.65. The van der Waals surface area contributed by atoms with Crippen LogP contribution in [0.25, 0.3) is 0 Å². The molecule has 2 atom stereocenters. The molecule has 0 aromatic rings. The smallest absolute Gasteiger partial charge is 0.191 e. The molecule has 1 aliphatic carbocycles. The average Bonchev–Trinajstić information content (AvgIpc) is 2.41. The number of carbonyl (C=O) groups excluding carboxylic acids is 1. The highest BCUT2D eigenvalue weighted by Crippen LogP contribution is 2.38. The van der Waals surface area contributed by atoms with Crippen LogP contribution in [-0.2, 0) is 9.22 Å². The molecule has 120 valence electrons. The zero-order chi connectivity index (χ0) is 15.9. The van der Waals surface area contributed by atoms with Gasteiger partial charge >= 0.3 is 0 Å². The van der Waals surface area contributed by atoms with E-state index in [-0.39, 0.29) is 5.04 Å². The summed E-state index contributed by atoms with van der Waals surface area (Å²) < 4.78 is 6.42. The van der Waals surface area contributed by atoms with E-state index in [0.29, 0.717) is 11.8 Å². The van der Waals surface area contributed by atoms with Gasteiger partial charge in [0.2, 0.25) is 0 Å². The fourth-order valence-corrected chi connectivity index (χ4v) is 3.61. The minimum atomic E-state index is -1.65. The summed E-state index contributed by atoms with van der Waals surface area (Å²) in [5.74, 6) is 1.23. The third kappa shape index (κ3) is 5.91. The summed E-state index contributed by atoms with van der Waals surface area (Å²) in [5.41, 5.74) is 0. The molecule has 1 fully saturated rings. The first-order valence-corrected chi connectivity index (χ1v) is 11.1. The number of carbonyl (C=O) groups is 1. The average molecular weight is 309 g/mol. The van der Waals surface area contributed by atoms with Gasteiger partial charge < -0.3 is 4.43 Å². The molecule has 0 spiro atoms. The van der Waals surface area contributed by atoms with Crippen LogP contribution in [0.15, 0.2) is 24.3 Å². The van der Waals surface area contributed by atoms with Crippen LogP contribution in [0.5, 0.6) is 0 Å². The van der Waals surface area contributed by atoms with Crippen LogP contribution in [0.2, 0.25) is 18.1 Å². The van der Waals surface area contributed by atoms with Gasteiger partial charge in [0.15, 0.2) is 8.32 Å². The highest BCUT2D eigenvalue weighted by atomic mass is 28.4. The molecule has 0 amide bonds. The van der Waals surface area contributed by atoms with Crippen molar-refractivity contribution in [1.29, 1.82) is 0 Å². The van der Waals surface area contributed by atoms with Crippen molar-refractivity contribution >= 4 is 14.6 Å². The fraction of sp³-hybridized carbons (Fsp3) is 0.722. The topological polar surface area (TPSA) is 26.3 Å². The van der Waals surface area contributed by atoms with E-state index in [0.717, 1.165) is 12.9 Å². The Morgan fingerprint density at radius 3 is 2.38 bits per heavy atom. The lowest BCUT2D eigenvalue weighted by atomic mass is 9.79. The SMILES string of the molecule is CC(C)(C)[Si](C)(C)OC[C@@H]1CCCC[C@H]1/C=C/C=C/C=O. The Kier molecular flexibility index (Phi) is 7.08. The van der Waals surface area contributed by atoms with Gasteiger partial charge in [-0.15, -0.1) is 0 Å². The first-order valence-electron chi connectivity index (χ1n) is 8.20. The van der Waals surface area contributed by atoms with Crippen LogP contribution in [-0.4, -0.2) is 21.2 Å². The summed E-state index contributed by atoms with van der Waals surface area (Å²) in [6, 6.07) is 0. The number of hydrogen-bond acceptors (Lipinski definition) is 2. The molecule has 1 aliphatic rings. The van der Waals surface area contributed by atoms with Gasteiger partial charge in [0.1, 0.15) is 6.29 Å². The quantitative estimate of drug-likeness (QED) is 0.294. The maximum Gasteiger partial charge on any atom is 0.191 e. The highest BCUT2D eigenvalue weighted by Gasteiger charge is 2.38. The van der Waals surface area contributed by atoms with Crippen molar-refractivity contribution in [2.75, 3.05) is 6.61 Å². The van der Waals surface area contributed by atoms with Crippen molar-refractivity contribution in [2.24, 2.45) is 11.8 Å². The van der Waals surface area contributed by atoms with Crippen molar-refractivity contribution in [2.45, 2.75) is 64.6 Å². The molecule has 0 saturated heterocycles. The summed E-state index contributed by atoms with van der Waals surface area (Å²) in [4.78, 5) is 10.3. The van der Waals surface area contributed by atoms with Gasteiger partial charge in [0.25, 0.3) is 0 Å². The van der Waals surface area contributed by atoms with Gasteiger partial charge in [-0.1, -0.05) is 51.8 Å². The van der Waals surface area contributed by atoms with Crippen LogP contribution >= 0.6 is 0 Å². The maximum absolute atomic E-state index is 10.3. The Hall–Kier alpha value is -0.673. The molecule has 0 bridgehead atoms. The van der Waals surface area contributed by atoms with Crippen LogP contribution in [0.1, 0.15) is 46.5 Å². The Labute approximate surface area is 131 Å². The van der Waals surface area contributed by atoms with Crippen LogP contribution in [0, 0.1) is 11.8 Å². The van der Waals surface area contributed by atoms with Crippen molar-refractivity contribution < 1.29 is 9.22 Å². The fourth-order valence-electron chi connectivity index (χ4n) is 2.54. The molecule has 0 aromatic carbocycles. The molecular formula is C18H32O2Si. The molecule has 0 N–H and O–H groups in total. The normalized spacial score (nSPS) is 24.8. The van der Waals surface area contributed by atoms with Crippen molar-refractivity contribution in [3.8, 4) is 0 Å². The molecule has 1 rings (SSSR count). The summed E-state index contributed by atoms with van der Waals surface area (Å²) in [6.07, 6.45) is 13.6. The Bertz CT molecular complexity index is 377. The van der Waals surface area contributed by atoms with E-state index in [1.165, 1.54) is 25.7 Å². The lowest BCUT2D eigenvalue weighted by Crippen LogP contribution is -2.42. The van der Waals surface area contributed by atoms with Crippen molar-refractivity contribution in [3.05, 3.63) is 24.3 Å². The first-order chi connectivity index (χ1) is 9.78. The molecule has 0 aromatic heterocycles. The molecule has 21 heavy (non-hydrogen) atoms. The number of aldehydes is 1. The predicted octanol–water partition coefficient (Wildman–Crippen LogP) is 5.13. The minimum Gasteiger partial charge on any atom is -0.417 e. The monoisotopic (exact) mass is 308 g/mol. The molecule has 2 nitrogen and oxygen atoms in total. The van der Waals surface area contributed by atoms with Crippen LogP contribution < -0.4 is 0 Å². The molecule has 3 heteroatoms. The molecule has 0 aliphatic heterocycles. The molecule has 0 unspecified atom stereocenters. The van der Waals surface area contributed by atoms with Gasteiger partial charge in [0, 0.05) is 6.61 Å². The van der Waals surface area contributed by atoms with E-state index in [1.54, 1.807) is 6.08 Å². The molecular weight excluding hydrogens is 276 g/mol. The van der Waals surface area contributed by atoms with Crippen molar-refractivity contribution in [1.82, 2.24) is 0 Å². The molecule has 1 saturated carbocycles. The zero-order valence-electron chi connectivity index (χ0n) is 14.4. The Balaban J connectivity index is 2.60. The third-order valence-corrected chi connectivity index (χ3v) is 9.59. The third-order valence-electron chi connectivity index (χ3n) is 5.09. The second-order valence-electron chi connectivity index (χ2n) is 7.69. The Morgan fingerprint density at radius 1 is 1.10 bits per heavy atom. The lowest BCUT2D eigenvalue weighted by molar-refractivity contribution is -0.104. The zero-order valence-corrected chi connectivity index (χ0v) is 15.4. The van der Waals surface area contributed by atoms with E-state index in [2.05, 4.69) is 39.9 Å². The summed E-state index contributed by atoms with van der Waals surface area (Å²) in [5, 5.41) is 0.277. The summed E-state index contributed by atoms with van der Waals surface area (Å²) in [6.45, 7) is 12.4. The van der Waals surface area contributed by atoms with Gasteiger partial charge in [-0.05, 0) is 48.9 Å². The Morgan fingerprint density at radius 2 is 1.76 bits per heavy atom. The van der Waals surface area contributed by atoms with E-state index in [1.807, 2.05) is 12.2 Å². The first kappa shape index (κ1) is 18.4. The summed E-state index contributed by atoms with van der Waals surface area (Å²) >= 11 is 0. The van der Waals surface area contributed by atoms with E-state index >= 15 is 0 Å². The van der Waals surface area contributed by atoms with Gasteiger partial charge in [-0.25, -0.2) is 0 Å². The number of hydrogen-bond donors (Lipinski definition) is 0. The van der Waals surface area contributed by atoms with E-state index < -0.39 is 8.32 Å². The molecule has 0 radical (unpaired) electrons. The predicted molar refractivity (Wildman–Crippen MR) is 92.9 cm³/mol. The lowest BCUT2D eigenvalue weighted by Gasteiger charge is -2.39. The van der Waals surface area contributed by atoms with Gasteiger partial charge in [0.05, 0.1) is 0 Å².